The largest absolute Gasteiger partial charge is 0.416 e. The van der Waals surface area contributed by atoms with Gasteiger partial charge in [0.1, 0.15) is 0 Å². The molecular weight excluding hydrogens is 485 g/mol. The maximum atomic E-state index is 13.4. The van der Waals surface area contributed by atoms with Crippen LogP contribution in [-0.4, -0.2) is 43.4 Å². The molecule has 0 aliphatic carbocycles. The molecule has 0 radical (unpaired) electrons. The third-order valence-electron chi connectivity index (χ3n) is 5.99. The number of nitrogens with zero attached hydrogens (tertiary/aromatic N) is 4. The van der Waals surface area contributed by atoms with E-state index in [-0.39, 0.29) is 29.4 Å². The number of hydrogen-bond acceptors (Lipinski definition) is 4. The van der Waals surface area contributed by atoms with Gasteiger partial charge in [0.05, 0.1) is 22.0 Å². The summed E-state index contributed by atoms with van der Waals surface area (Å²) in [6, 6.07) is 12.2. The average molecular weight is 509 g/mol. The molecule has 2 aromatic carbocycles. The Bertz CT molecular complexity index is 1170. The second kappa shape index (κ2) is 10.00. The average Bonchev–Trinajstić information content (AvgIpc) is 3.21. The molecule has 0 bridgehead atoms. The lowest BCUT2D eigenvalue weighted by Crippen LogP contribution is -2.48. The van der Waals surface area contributed by atoms with E-state index in [1.54, 1.807) is 30.3 Å². The summed E-state index contributed by atoms with van der Waals surface area (Å²) in [6.07, 6.45) is -1.50. The second-order valence-electron chi connectivity index (χ2n) is 8.39. The Balaban J connectivity index is 1.71. The molecule has 0 unspecified atom stereocenters. The van der Waals surface area contributed by atoms with Crippen LogP contribution < -0.4 is 0 Å². The minimum atomic E-state index is -4.50. The number of alkyl halides is 3. The molecule has 180 valence electrons. The normalized spacial score (nSPS) is 18.8. The highest BCUT2D eigenvalue weighted by Crippen LogP contribution is 2.35. The number of carbonyl (C=O) groups is 1. The Labute approximate surface area is 205 Å². The summed E-state index contributed by atoms with van der Waals surface area (Å²) < 4.78 is 41.8. The fourth-order valence-corrected chi connectivity index (χ4v) is 5.39. The first-order chi connectivity index (χ1) is 16.2. The number of likely N-dealkylation sites (tertiary alicyclic amines) is 1. The molecule has 1 aliphatic heterocycles. The lowest BCUT2D eigenvalue weighted by Gasteiger charge is -2.39. The maximum absolute atomic E-state index is 13.4. The summed E-state index contributed by atoms with van der Waals surface area (Å²) in [6.45, 7) is 4.08. The van der Waals surface area contributed by atoms with Crippen molar-refractivity contribution in [1.29, 1.82) is 0 Å². The molecule has 0 N–H and O–H groups in total. The first-order valence-electron chi connectivity index (χ1n) is 11.0. The van der Waals surface area contributed by atoms with Crippen molar-refractivity contribution in [3.05, 3.63) is 59.1 Å². The first kappa shape index (κ1) is 24.6. The molecule has 1 aliphatic rings. The van der Waals surface area contributed by atoms with Crippen LogP contribution in [0.5, 0.6) is 0 Å². The Morgan fingerprint density at radius 2 is 1.79 bits per heavy atom. The molecule has 3 aromatic rings. The number of carbonyl (C=O) groups excluding carboxylic acids is 1. The summed E-state index contributed by atoms with van der Waals surface area (Å²) >= 11 is 7.52. The molecule has 0 spiro atoms. The van der Waals surface area contributed by atoms with E-state index in [0.29, 0.717) is 21.6 Å². The SMILES string of the molecule is C[C@H]1CCC[C@H](C)N1C(=O)CSc1nnc(-c2ccccc2Cl)n1-c1cccc(C(F)(F)F)c1. The van der Waals surface area contributed by atoms with Gasteiger partial charge in [-0.25, -0.2) is 0 Å². The minimum Gasteiger partial charge on any atom is -0.337 e. The predicted molar refractivity (Wildman–Crippen MR) is 127 cm³/mol. The van der Waals surface area contributed by atoms with E-state index in [0.717, 1.165) is 43.2 Å². The number of piperidine rings is 1. The molecule has 34 heavy (non-hydrogen) atoms. The monoisotopic (exact) mass is 508 g/mol. The molecule has 4 rings (SSSR count). The number of amides is 1. The van der Waals surface area contributed by atoms with Crippen molar-refractivity contribution in [3.63, 3.8) is 0 Å². The highest BCUT2D eigenvalue weighted by molar-refractivity contribution is 7.99. The number of halogens is 4. The highest BCUT2D eigenvalue weighted by atomic mass is 35.5. The Kier molecular flexibility index (Phi) is 7.23. The third kappa shape index (κ3) is 5.10. The lowest BCUT2D eigenvalue weighted by molar-refractivity contribution is -0.137. The van der Waals surface area contributed by atoms with E-state index in [1.807, 2.05) is 18.7 Å². The van der Waals surface area contributed by atoms with E-state index in [9.17, 15) is 18.0 Å². The van der Waals surface area contributed by atoms with E-state index >= 15 is 0 Å². The van der Waals surface area contributed by atoms with Crippen LogP contribution in [0.2, 0.25) is 5.02 Å². The topological polar surface area (TPSA) is 51.0 Å². The molecular formula is C24H24ClF3N4OS. The van der Waals surface area contributed by atoms with Gasteiger partial charge in [-0.15, -0.1) is 10.2 Å². The molecule has 1 saturated heterocycles. The van der Waals surface area contributed by atoms with Crippen LogP contribution >= 0.6 is 23.4 Å². The third-order valence-corrected chi connectivity index (χ3v) is 7.23. The Hall–Kier alpha value is -2.52. The van der Waals surface area contributed by atoms with Gasteiger partial charge in [-0.05, 0) is 63.4 Å². The van der Waals surface area contributed by atoms with Crippen molar-refractivity contribution >= 4 is 29.3 Å². The quantitative estimate of drug-likeness (QED) is 0.370. The molecule has 1 fully saturated rings. The van der Waals surface area contributed by atoms with Crippen molar-refractivity contribution in [2.24, 2.45) is 0 Å². The minimum absolute atomic E-state index is 0.0254. The lowest BCUT2D eigenvalue weighted by atomic mass is 9.98. The van der Waals surface area contributed by atoms with Crippen molar-refractivity contribution in [3.8, 4) is 17.1 Å². The maximum Gasteiger partial charge on any atom is 0.416 e. The molecule has 5 nitrogen and oxygen atoms in total. The van der Waals surface area contributed by atoms with Crippen LogP contribution in [0.4, 0.5) is 13.2 Å². The van der Waals surface area contributed by atoms with Crippen molar-refractivity contribution in [1.82, 2.24) is 19.7 Å². The van der Waals surface area contributed by atoms with Crippen LogP contribution in [0.3, 0.4) is 0 Å². The zero-order chi connectivity index (χ0) is 24.5. The highest BCUT2D eigenvalue weighted by Gasteiger charge is 2.32. The molecule has 2 heterocycles. The molecule has 2 atom stereocenters. The Morgan fingerprint density at radius 1 is 1.09 bits per heavy atom. The van der Waals surface area contributed by atoms with Gasteiger partial charge in [-0.3, -0.25) is 9.36 Å². The molecule has 1 amide bonds. The van der Waals surface area contributed by atoms with Gasteiger partial charge < -0.3 is 4.90 Å². The molecule has 1 aromatic heterocycles. The summed E-state index contributed by atoms with van der Waals surface area (Å²) in [5.41, 5.74) is -0.0123. The van der Waals surface area contributed by atoms with E-state index < -0.39 is 11.7 Å². The van der Waals surface area contributed by atoms with Crippen molar-refractivity contribution in [2.45, 2.75) is 56.5 Å². The number of benzene rings is 2. The van der Waals surface area contributed by atoms with Crippen LogP contribution in [0.25, 0.3) is 17.1 Å². The fourth-order valence-electron chi connectivity index (χ4n) is 4.35. The van der Waals surface area contributed by atoms with Gasteiger partial charge in [0.15, 0.2) is 11.0 Å². The first-order valence-corrected chi connectivity index (χ1v) is 12.3. The molecule has 10 heteroatoms. The van der Waals surface area contributed by atoms with E-state index in [4.69, 9.17) is 11.6 Å². The van der Waals surface area contributed by atoms with Crippen LogP contribution in [0, 0.1) is 0 Å². The smallest absolute Gasteiger partial charge is 0.337 e. The number of thioether (sulfide) groups is 1. The fraction of sp³-hybridized carbons (Fsp3) is 0.375. The van der Waals surface area contributed by atoms with E-state index in [1.165, 1.54) is 10.6 Å². The van der Waals surface area contributed by atoms with Crippen molar-refractivity contribution in [2.75, 3.05) is 5.75 Å². The standard InChI is InChI=1S/C24H24ClF3N4OS/c1-15-7-5-8-16(2)31(15)21(33)14-34-23-30-29-22(19-11-3-4-12-20(19)25)32(23)18-10-6-9-17(13-18)24(26,27)28/h3-4,6,9-13,15-16H,5,7-8,14H2,1-2H3/t15-,16-/m0/s1. The number of hydrogen-bond donors (Lipinski definition) is 0. The number of aromatic nitrogens is 3. The van der Waals surface area contributed by atoms with Gasteiger partial charge in [0.2, 0.25) is 5.91 Å². The van der Waals surface area contributed by atoms with Crippen LogP contribution in [0.15, 0.2) is 53.7 Å². The van der Waals surface area contributed by atoms with Crippen molar-refractivity contribution < 1.29 is 18.0 Å². The predicted octanol–water partition coefficient (Wildman–Crippen LogP) is 6.49. The summed E-state index contributed by atoms with van der Waals surface area (Å²) in [4.78, 5) is 14.9. The molecule has 0 saturated carbocycles. The zero-order valence-electron chi connectivity index (χ0n) is 18.7. The van der Waals surface area contributed by atoms with Crippen LogP contribution in [0.1, 0.15) is 38.7 Å². The van der Waals surface area contributed by atoms with Gasteiger partial charge >= 0.3 is 6.18 Å². The van der Waals surface area contributed by atoms with Gasteiger partial charge in [-0.2, -0.15) is 13.2 Å². The summed E-state index contributed by atoms with van der Waals surface area (Å²) in [7, 11) is 0. The second-order valence-corrected chi connectivity index (χ2v) is 9.74. The Morgan fingerprint density at radius 3 is 2.47 bits per heavy atom. The van der Waals surface area contributed by atoms with Crippen LogP contribution in [-0.2, 0) is 11.0 Å². The zero-order valence-corrected chi connectivity index (χ0v) is 20.3. The van der Waals surface area contributed by atoms with Gasteiger partial charge in [-0.1, -0.05) is 41.6 Å². The van der Waals surface area contributed by atoms with E-state index in [2.05, 4.69) is 10.2 Å². The van der Waals surface area contributed by atoms with Gasteiger partial charge in [0, 0.05) is 17.6 Å². The number of rotatable bonds is 5. The summed E-state index contributed by atoms with van der Waals surface area (Å²) in [5.74, 6) is 0.385. The summed E-state index contributed by atoms with van der Waals surface area (Å²) in [5, 5.41) is 9.17. The van der Waals surface area contributed by atoms with Gasteiger partial charge in [0.25, 0.3) is 0 Å².